The lowest BCUT2D eigenvalue weighted by molar-refractivity contribution is -0.122. The van der Waals surface area contributed by atoms with Crippen LogP contribution in [0.5, 0.6) is 0 Å². The second-order valence-corrected chi connectivity index (χ2v) is 6.13. The molecule has 1 aromatic carbocycles. The number of hydrogen-bond donors (Lipinski definition) is 1. The first-order valence-corrected chi connectivity index (χ1v) is 8.38. The lowest BCUT2D eigenvalue weighted by Gasteiger charge is -2.20. The van der Waals surface area contributed by atoms with E-state index < -0.39 is 0 Å². The lowest BCUT2D eigenvalue weighted by Crippen LogP contribution is -2.36. The van der Waals surface area contributed by atoms with Crippen molar-refractivity contribution in [2.75, 3.05) is 19.6 Å². The summed E-state index contributed by atoms with van der Waals surface area (Å²) < 4.78 is 0. The SMILES string of the molecule is CCNC(=O)CN(CC)Cc1cc2ccc(C)c(C)c2nc1Cl. The highest BCUT2D eigenvalue weighted by atomic mass is 35.5. The number of aromatic nitrogens is 1. The first-order chi connectivity index (χ1) is 11.0. The van der Waals surface area contributed by atoms with Crippen LogP contribution >= 0.6 is 11.6 Å². The van der Waals surface area contributed by atoms with Crippen molar-refractivity contribution < 1.29 is 4.79 Å². The fourth-order valence-electron chi connectivity index (χ4n) is 2.59. The number of hydrogen-bond acceptors (Lipinski definition) is 3. The normalized spacial score (nSPS) is 11.2. The summed E-state index contributed by atoms with van der Waals surface area (Å²) in [7, 11) is 0. The monoisotopic (exact) mass is 333 g/mol. The zero-order chi connectivity index (χ0) is 17.0. The molecule has 1 heterocycles. The Morgan fingerprint density at radius 1 is 1.30 bits per heavy atom. The second-order valence-electron chi connectivity index (χ2n) is 5.77. The number of carbonyl (C=O) groups excluding carboxylic acids is 1. The minimum atomic E-state index is 0.0330. The third-order valence-electron chi connectivity index (χ3n) is 4.12. The van der Waals surface area contributed by atoms with Crippen LogP contribution in [-0.4, -0.2) is 35.4 Å². The molecule has 124 valence electrons. The van der Waals surface area contributed by atoms with Crippen molar-refractivity contribution >= 4 is 28.4 Å². The number of likely N-dealkylation sites (N-methyl/N-ethyl adjacent to an activating group) is 2. The van der Waals surface area contributed by atoms with Crippen LogP contribution in [0.2, 0.25) is 5.15 Å². The molecule has 0 aliphatic carbocycles. The molecule has 23 heavy (non-hydrogen) atoms. The van der Waals surface area contributed by atoms with E-state index in [0.717, 1.165) is 28.6 Å². The van der Waals surface area contributed by atoms with Crippen molar-refractivity contribution in [3.05, 3.63) is 40.0 Å². The van der Waals surface area contributed by atoms with Crippen molar-refractivity contribution in [2.24, 2.45) is 0 Å². The maximum Gasteiger partial charge on any atom is 0.234 e. The molecule has 2 rings (SSSR count). The number of benzene rings is 1. The molecule has 0 aliphatic rings. The van der Waals surface area contributed by atoms with E-state index in [9.17, 15) is 4.79 Å². The highest BCUT2D eigenvalue weighted by Crippen LogP contribution is 2.25. The number of carbonyl (C=O) groups is 1. The molecule has 0 radical (unpaired) electrons. The fraction of sp³-hybridized carbons (Fsp3) is 0.444. The van der Waals surface area contributed by atoms with Crippen LogP contribution in [0.25, 0.3) is 10.9 Å². The van der Waals surface area contributed by atoms with Gasteiger partial charge >= 0.3 is 0 Å². The Labute approximate surface area is 142 Å². The Morgan fingerprint density at radius 3 is 2.70 bits per heavy atom. The highest BCUT2D eigenvalue weighted by molar-refractivity contribution is 6.30. The summed E-state index contributed by atoms with van der Waals surface area (Å²) in [6, 6.07) is 6.26. The van der Waals surface area contributed by atoms with E-state index in [1.165, 1.54) is 5.56 Å². The van der Waals surface area contributed by atoms with Crippen LogP contribution in [0, 0.1) is 13.8 Å². The van der Waals surface area contributed by atoms with Crippen molar-refractivity contribution in [2.45, 2.75) is 34.2 Å². The molecular formula is C18H24ClN3O. The Balaban J connectivity index is 2.27. The summed E-state index contributed by atoms with van der Waals surface area (Å²) in [5.41, 5.74) is 4.27. The number of aryl methyl sites for hydroxylation is 2. The summed E-state index contributed by atoms with van der Waals surface area (Å²) in [5, 5.41) is 4.42. The summed E-state index contributed by atoms with van der Waals surface area (Å²) in [4.78, 5) is 18.4. The van der Waals surface area contributed by atoms with Gasteiger partial charge in [-0.2, -0.15) is 0 Å². The van der Waals surface area contributed by atoms with Crippen LogP contribution in [0.15, 0.2) is 18.2 Å². The van der Waals surface area contributed by atoms with Crippen molar-refractivity contribution in [3.63, 3.8) is 0 Å². The van der Waals surface area contributed by atoms with Gasteiger partial charge in [0.25, 0.3) is 0 Å². The molecule has 0 saturated carbocycles. The first kappa shape index (κ1) is 17.7. The molecule has 1 N–H and O–H groups in total. The number of fused-ring (bicyclic) bond motifs is 1. The predicted octanol–water partition coefficient (Wildman–Crippen LogP) is 3.46. The zero-order valence-corrected chi connectivity index (χ0v) is 15.0. The largest absolute Gasteiger partial charge is 0.355 e. The molecule has 4 nitrogen and oxygen atoms in total. The average molecular weight is 334 g/mol. The number of nitrogens with one attached hydrogen (secondary N) is 1. The Kier molecular flexibility index (Phi) is 5.97. The molecule has 0 saturated heterocycles. The van der Waals surface area contributed by atoms with Gasteiger partial charge in [-0.3, -0.25) is 9.69 Å². The van der Waals surface area contributed by atoms with Gasteiger partial charge < -0.3 is 5.32 Å². The van der Waals surface area contributed by atoms with E-state index in [1.54, 1.807) is 0 Å². The fourth-order valence-corrected chi connectivity index (χ4v) is 2.79. The van der Waals surface area contributed by atoms with E-state index in [-0.39, 0.29) is 5.91 Å². The minimum Gasteiger partial charge on any atom is -0.355 e. The van der Waals surface area contributed by atoms with E-state index in [1.807, 2.05) is 13.8 Å². The van der Waals surface area contributed by atoms with Crippen LogP contribution in [0.3, 0.4) is 0 Å². The van der Waals surface area contributed by atoms with Gasteiger partial charge in [-0.15, -0.1) is 0 Å². The molecular weight excluding hydrogens is 310 g/mol. The third-order valence-corrected chi connectivity index (χ3v) is 4.45. The van der Waals surface area contributed by atoms with E-state index >= 15 is 0 Å². The number of pyridine rings is 1. The van der Waals surface area contributed by atoms with E-state index in [2.05, 4.69) is 47.2 Å². The smallest absolute Gasteiger partial charge is 0.234 e. The summed E-state index contributed by atoms with van der Waals surface area (Å²) in [5.74, 6) is 0.0330. The van der Waals surface area contributed by atoms with Gasteiger partial charge in [-0.1, -0.05) is 30.7 Å². The third kappa shape index (κ3) is 4.21. The van der Waals surface area contributed by atoms with Gasteiger partial charge in [0.2, 0.25) is 5.91 Å². The van der Waals surface area contributed by atoms with Crippen molar-refractivity contribution in [1.29, 1.82) is 0 Å². The molecule has 0 aliphatic heterocycles. The quantitative estimate of drug-likeness (QED) is 0.823. The summed E-state index contributed by atoms with van der Waals surface area (Å²) >= 11 is 6.39. The Morgan fingerprint density at radius 2 is 2.04 bits per heavy atom. The van der Waals surface area contributed by atoms with Gasteiger partial charge in [0.15, 0.2) is 0 Å². The van der Waals surface area contributed by atoms with E-state index in [0.29, 0.717) is 24.8 Å². The van der Waals surface area contributed by atoms with Gasteiger partial charge in [0, 0.05) is 24.0 Å². The number of amides is 1. The molecule has 1 aromatic heterocycles. The highest BCUT2D eigenvalue weighted by Gasteiger charge is 2.13. The average Bonchev–Trinajstić information content (AvgIpc) is 2.52. The van der Waals surface area contributed by atoms with Gasteiger partial charge in [-0.05, 0) is 44.5 Å². The van der Waals surface area contributed by atoms with Crippen LogP contribution in [0.1, 0.15) is 30.5 Å². The van der Waals surface area contributed by atoms with Gasteiger partial charge in [-0.25, -0.2) is 4.98 Å². The molecule has 0 fully saturated rings. The minimum absolute atomic E-state index is 0.0330. The molecule has 0 atom stereocenters. The summed E-state index contributed by atoms with van der Waals surface area (Å²) in [6.45, 7) is 10.5. The molecule has 5 heteroatoms. The number of rotatable bonds is 6. The summed E-state index contributed by atoms with van der Waals surface area (Å²) in [6.07, 6.45) is 0. The molecule has 1 amide bonds. The van der Waals surface area contributed by atoms with E-state index in [4.69, 9.17) is 11.6 Å². The molecule has 0 bridgehead atoms. The molecule has 0 unspecified atom stereocenters. The maximum absolute atomic E-state index is 11.8. The van der Waals surface area contributed by atoms with Gasteiger partial charge in [0.1, 0.15) is 5.15 Å². The zero-order valence-electron chi connectivity index (χ0n) is 14.2. The molecule has 0 spiro atoms. The van der Waals surface area contributed by atoms with Crippen LogP contribution in [-0.2, 0) is 11.3 Å². The maximum atomic E-state index is 11.8. The second kappa shape index (κ2) is 7.75. The lowest BCUT2D eigenvalue weighted by atomic mass is 10.0. The number of halogens is 1. The van der Waals surface area contributed by atoms with Crippen molar-refractivity contribution in [3.8, 4) is 0 Å². The Hall–Kier alpha value is -1.65. The van der Waals surface area contributed by atoms with Crippen LogP contribution < -0.4 is 5.32 Å². The first-order valence-electron chi connectivity index (χ1n) is 8.00. The van der Waals surface area contributed by atoms with Gasteiger partial charge in [0.05, 0.1) is 12.1 Å². The number of nitrogens with zero attached hydrogens (tertiary/aromatic N) is 2. The predicted molar refractivity (Wildman–Crippen MR) is 95.9 cm³/mol. The molecule has 2 aromatic rings. The van der Waals surface area contributed by atoms with Crippen molar-refractivity contribution in [1.82, 2.24) is 15.2 Å². The Bertz CT molecular complexity index is 715. The topological polar surface area (TPSA) is 45.2 Å². The standard InChI is InChI=1S/C18H24ClN3O/c1-5-20-16(23)11-22(6-2)10-15-9-14-8-7-12(3)13(4)17(14)21-18(15)19/h7-9H,5-6,10-11H2,1-4H3,(H,20,23). The van der Waals surface area contributed by atoms with Crippen LogP contribution in [0.4, 0.5) is 0 Å².